The molecule has 3 nitrogen and oxygen atoms in total. The van der Waals surface area contributed by atoms with Gasteiger partial charge in [0, 0.05) is 49.6 Å². The Bertz CT molecular complexity index is 2210. The van der Waals surface area contributed by atoms with Gasteiger partial charge in [-0.05, 0) is 69.6 Å². The molecule has 0 amide bonds. The van der Waals surface area contributed by atoms with E-state index in [1.807, 2.05) is 61.1 Å². The van der Waals surface area contributed by atoms with Crippen molar-refractivity contribution >= 4 is 10.9 Å². The maximum Gasteiger partial charge on any atom is 0.0785 e. The number of hydrogen-bond acceptors (Lipinski definition) is 3. The number of hydrogen-bond donors (Lipinski definition) is 0. The van der Waals surface area contributed by atoms with E-state index in [0.717, 1.165) is 50.1 Å². The van der Waals surface area contributed by atoms with Crippen LogP contribution in [0.2, 0.25) is 0 Å². The molecule has 7 aromatic rings. The Labute approximate surface area is 311 Å². The van der Waals surface area contributed by atoms with Crippen LogP contribution in [0.3, 0.4) is 0 Å². The topological polar surface area (TPSA) is 38.7 Å². The molecule has 0 spiro atoms. The van der Waals surface area contributed by atoms with Crippen LogP contribution in [0.4, 0.5) is 0 Å². The monoisotopic (exact) mass is 830 g/mol. The SMILES string of the molecule is CC(C)(C)c1cccc(-c2ccc(-c3cc[c-]c(-c4cc(C(C)(C)C)ccn4)c3)c3cccnc23)c1.Cc1ccnc(-c2[c-]cccc2)c1.[Ir]. The van der Waals surface area contributed by atoms with Crippen LogP contribution in [-0.4, -0.2) is 15.0 Å². The van der Waals surface area contributed by atoms with E-state index >= 15 is 0 Å². The number of benzene rings is 4. The molecule has 0 aliphatic heterocycles. The second-order valence-electron chi connectivity index (χ2n) is 14.6. The van der Waals surface area contributed by atoms with E-state index in [4.69, 9.17) is 4.98 Å². The van der Waals surface area contributed by atoms with Gasteiger partial charge in [-0.1, -0.05) is 102 Å². The molecule has 0 aliphatic rings. The Morgan fingerprint density at radius 2 is 1.18 bits per heavy atom. The smallest absolute Gasteiger partial charge is 0.0785 e. The van der Waals surface area contributed by atoms with Gasteiger partial charge in [0.05, 0.1) is 5.52 Å². The van der Waals surface area contributed by atoms with Gasteiger partial charge in [0.1, 0.15) is 0 Å². The van der Waals surface area contributed by atoms with Crippen LogP contribution in [-0.2, 0) is 30.9 Å². The van der Waals surface area contributed by atoms with E-state index in [1.165, 1.54) is 22.3 Å². The fourth-order valence-electron chi connectivity index (χ4n) is 5.87. The summed E-state index contributed by atoms with van der Waals surface area (Å²) in [5.41, 5.74) is 13.6. The molecule has 0 saturated heterocycles. The quantitative estimate of drug-likeness (QED) is 0.166. The van der Waals surface area contributed by atoms with Gasteiger partial charge in [0.15, 0.2) is 0 Å². The largest absolute Gasteiger partial charge is 0.305 e. The van der Waals surface area contributed by atoms with E-state index in [1.54, 1.807) is 0 Å². The summed E-state index contributed by atoms with van der Waals surface area (Å²) in [7, 11) is 0. The first kappa shape index (κ1) is 36.5. The molecular weight excluding hydrogens is 787 g/mol. The first-order chi connectivity index (χ1) is 23.5. The molecule has 0 unspecified atom stereocenters. The van der Waals surface area contributed by atoms with Gasteiger partial charge in [-0.2, -0.15) is 0 Å². The average molecular weight is 830 g/mol. The molecule has 0 bridgehead atoms. The van der Waals surface area contributed by atoms with Crippen molar-refractivity contribution in [3.8, 4) is 44.8 Å². The standard InChI is InChI=1S/C34H33N2.C12H10N.Ir/c1-33(2,3)26-13-8-11-24(21-26)29-16-15-28(30-14-9-18-36-32(29)30)23-10-7-12-25(20-23)31-22-27(17-19-35-31)34(4,5)6;1-10-7-8-13-12(9-10)11-5-3-2-4-6-11;/h7-11,13-22H,1-6H3;2-5,7-9H,1H3;/q2*-1;. The van der Waals surface area contributed by atoms with Crippen molar-refractivity contribution in [2.24, 2.45) is 0 Å². The second kappa shape index (κ2) is 15.4. The zero-order chi connectivity index (χ0) is 34.6. The summed E-state index contributed by atoms with van der Waals surface area (Å²) < 4.78 is 0. The van der Waals surface area contributed by atoms with Gasteiger partial charge >= 0.3 is 0 Å². The van der Waals surface area contributed by atoms with Gasteiger partial charge in [-0.25, -0.2) is 0 Å². The zero-order valence-corrected chi connectivity index (χ0v) is 32.3. The molecule has 0 fully saturated rings. The predicted molar refractivity (Wildman–Crippen MR) is 205 cm³/mol. The third-order valence-corrected chi connectivity index (χ3v) is 8.72. The predicted octanol–water partition coefficient (Wildman–Crippen LogP) is 11.9. The first-order valence-electron chi connectivity index (χ1n) is 16.8. The number of pyridine rings is 3. The van der Waals surface area contributed by atoms with Crippen molar-refractivity contribution in [2.75, 3.05) is 0 Å². The molecule has 0 saturated carbocycles. The van der Waals surface area contributed by atoms with Crippen LogP contribution in [0.25, 0.3) is 55.7 Å². The van der Waals surface area contributed by atoms with E-state index in [9.17, 15) is 0 Å². The summed E-state index contributed by atoms with van der Waals surface area (Å²) in [5.74, 6) is 0. The Morgan fingerprint density at radius 3 is 1.90 bits per heavy atom. The number of fused-ring (bicyclic) bond motifs is 1. The molecule has 4 aromatic carbocycles. The second-order valence-corrected chi connectivity index (χ2v) is 14.6. The summed E-state index contributed by atoms with van der Waals surface area (Å²) in [4.78, 5) is 13.8. The number of nitrogens with zero attached hydrogens (tertiary/aromatic N) is 3. The van der Waals surface area contributed by atoms with Crippen molar-refractivity contribution in [3.63, 3.8) is 0 Å². The minimum Gasteiger partial charge on any atom is -0.305 e. The molecule has 3 heterocycles. The molecule has 0 atom stereocenters. The van der Waals surface area contributed by atoms with E-state index in [2.05, 4.69) is 143 Å². The summed E-state index contributed by atoms with van der Waals surface area (Å²) in [6.07, 6.45) is 5.61. The van der Waals surface area contributed by atoms with Gasteiger partial charge in [0.25, 0.3) is 0 Å². The summed E-state index contributed by atoms with van der Waals surface area (Å²) >= 11 is 0. The van der Waals surface area contributed by atoms with Gasteiger partial charge in [-0.3, -0.25) is 4.98 Å². The molecule has 7 rings (SSSR count). The molecule has 253 valence electrons. The minimum atomic E-state index is 0. The molecule has 0 aliphatic carbocycles. The van der Waals surface area contributed by atoms with E-state index in [-0.39, 0.29) is 30.9 Å². The molecule has 50 heavy (non-hydrogen) atoms. The Morgan fingerprint density at radius 1 is 0.500 bits per heavy atom. The third-order valence-electron chi connectivity index (χ3n) is 8.72. The van der Waals surface area contributed by atoms with Crippen LogP contribution < -0.4 is 0 Å². The summed E-state index contributed by atoms with van der Waals surface area (Å²) in [6.45, 7) is 15.5. The maximum absolute atomic E-state index is 4.83. The van der Waals surface area contributed by atoms with Crippen molar-refractivity contribution in [1.82, 2.24) is 15.0 Å². The molecule has 0 N–H and O–H groups in total. The van der Waals surface area contributed by atoms with Crippen molar-refractivity contribution in [3.05, 3.63) is 163 Å². The molecular formula is C46H43IrN3-2. The normalized spacial score (nSPS) is 11.3. The molecule has 3 aromatic heterocycles. The maximum atomic E-state index is 4.83. The fraction of sp³-hybridized carbons (Fsp3) is 0.196. The van der Waals surface area contributed by atoms with Crippen molar-refractivity contribution in [2.45, 2.75) is 59.3 Å². The van der Waals surface area contributed by atoms with E-state index in [0.29, 0.717) is 0 Å². The van der Waals surface area contributed by atoms with Crippen LogP contribution in [0, 0.1) is 19.1 Å². The van der Waals surface area contributed by atoms with Gasteiger partial charge in [-0.15, -0.1) is 71.3 Å². The number of aromatic nitrogens is 3. The van der Waals surface area contributed by atoms with Crippen LogP contribution in [0.15, 0.2) is 134 Å². The number of rotatable bonds is 4. The van der Waals surface area contributed by atoms with Gasteiger partial charge < -0.3 is 9.97 Å². The van der Waals surface area contributed by atoms with Gasteiger partial charge in [0.2, 0.25) is 0 Å². The van der Waals surface area contributed by atoms with Crippen LogP contribution in [0.5, 0.6) is 0 Å². The minimum absolute atomic E-state index is 0. The zero-order valence-electron chi connectivity index (χ0n) is 29.9. The number of aryl methyl sites for hydroxylation is 1. The summed E-state index contributed by atoms with van der Waals surface area (Å²) in [5, 5.41) is 1.14. The third kappa shape index (κ3) is 8.51. The van der Waals surface area contributed by atoms with Crippen LogP contribution in [0.1, 0.15) is 58.2 Å². The van der Waals surface area contributed by atoms with Crippen molar-refractivity contribution < 1.29 is 20.1 Å². The average Bonchev–Trinajstić information content (AvgIpc) is 3.11. The molecule has 4 heteroatoms. The van der Waals surface area contributed by atoms with Crippen molar-refractivity contribution in [1.29, 1.82) is 0 Å². The summed E-state index contributed by atoms with van der Waals surface area (Å²) in [6, 6.07) is 46.5. The Kier molecular flexibility index (Phi) is 11.3. The van der Waals surface area contributed by atoms with E-state index < -0.39 is 0 Å². The first-order valence-corrected chi connectivity index (χ1v) is 16.8. The van der Waals surface area contributed by atoms with Crippen LogP contribution >= 0.6 is 0 Å². The molecule has 1 radical (unpaired) electrons. The fourth-order valence-corrected chi connectivity index (χ4v) is 5.87. The Balaban J connectivity index is 0.000000291. The Hall–Kier alpha value is -4.76.